The third-order valence-electron chi connectivity index (χ3n) is 2.50. The molecular formula is C14H13ClN2O3. The number of nitrogens with one attached hydrogen (secondary N) is 2. The Hall–Kier alpha value is -2.40. The first-order chi connectivity index (χ1) is 9.52. The first-order valence-electron chi connectivity index (χ1n) is 5.85. The minimum Gasteiger partial charge on any atom is -0.508 e. The standard InChI is InChI=1S/C14H13ClN2O3/c15-10-3-1-2-9(4-10)8-16-14(20)17-11-5-12(18)7-13(19)6-11/h1-7,18-19H,8H2,(H2,16,17,20). The predicted octanol–water partition coefficient (Wildman–Crippen LogP) is 3.07. The topological polar surface area (TPSA) is 81.6 Å². The second kappa shape index (κ2) is 6.16. The van der Waals surface area contributed by atoms with Crippen molar-refractivity contribution >= 4 is 23.3 Å². The fourth-order valence-corrected chi connectivity index (χ4v) is 1.88. The summed E-state index contributed by atoms with van der Waals surface area (Å²) in [7, 11) is 0. The summed E-state index contributed by atoms with van der Waals surface area (Å²) in [4.78, 5) is 11.7. The Labute approximate surface area is 120 Å². The van der Waals surface area contributed by atoms with Crippen LogP contribution in [0.1, 0.15) is 5.56 Å². The van der Waals surface area contributed by atoms with Crippen molar-refractivity contribution < 1.29 is 15.0 Å². The quantitative estimate of drug-likeness (QED) is 0.702. The summed E-state index contributed by atoms with van der Waals surface area (Å²) < 4.78 is 0. The van der Waals surface area contributed by atoms with E-state index in [0.29, 0.717) is 17.3 Å². The van der Waals surface area contributed by atoms with Crippen LogP contribution in [0.15, 0.2) is 42.5 Å². The van der Waals surface area contributed by atoms with Crippen molar-refractivity contribution in [2.45, 2.75) is 6.54 Å². The third kappa shape index (κ3) is 4.07. The lowest BCUT2D eigenvalue weighted by atomic mass is 10.2. The first-order valence-corrected chi connectivity index (χ1v) is 6.23. The van der Waals surface area contributed by atoms with Crippen molar-refractivity contribution in [1.29, 1.82) is 0 Å². The number of hydrogen-bond acceptors (Lipinski definition) is 3. The lowest BCUT2D eigenvalue weighted by molar-refractivity contribution is 0.251. The van der Waals surface area contributed by atoms with Crippen molar-refractivity contribution in [3.63, 3.8) is 0 Å². The van der Waals surface area contributed by atoms with Crippen LogP contribution in [0.4, 0.5) is 10.5 Å². The highest BCUT2D eigenvalue weighted by molar-refractivity contribution is 6.30. The molecule has 0 aliphatic rings. The Balaban J connectivity index is 1.92. The molecule has 5 nitrogen and oxygen atoms in total. The van der Waals surface area contributed by atoms with Gasteiger partial charge in [-0.2, -0.15) is 0 Å². The molecule has 2 amide bonds. The molecule has 0 bridgehead atoms. The molecular weight excluding hydrogens is 280 g/mol. The molecule has 0 radical (unpaired) electrons. The van der Waals surface area contributed by atoms with Crippen LogP contribution in [0.2, 0.25) is 5.02 Å². The van der Waals surface area contributed by atoms with E-state index in [2.05, 4.69) is 10.6 Å². The van der Waals surface area contributed by atoms with E-state index in [1.807, 2.05) is 6.07 Å². The number of amides is 2. The van der Waals surface area contributed by atoms with Gasteiger partial charge in [-0.3, -0.25) is 0 Å². The highest BCUT2D eigenvalue weighted by Crippen LogP contribution is 2.23. The van der Waals surface area contributed by atoms with Gasteiger partial charge in [0.15, 0.2) is 0 Å². The number of carbonyl (C=O) groups is 1. The summed E-state index contributed by atoms with van der Waals surface area (Å²) in [6.07, 6.45) is 0. The van der Waals surface area contributed by atoms with Crippen LogP contribution >= 0.6 is 11.6 Å². The minimum absolute atomic E-state index is 0.129. The Morgan fingerprint density at radius 1 is 1.10 bits per heavy atom. The van der Waals surface area contributed by atoms with Crippen LogP contribution in [0.25, 0.3) is 0 Å². The zero-order chi connectivity index (χ0) is 14.5. The minimum atomic E-state index is -0.449. The van der Waals surface area contributed by atoms with Crippen molar-refractivity contribution in [1.82, 2.24) is 5.32 Å². The molecule has 0 spiro atoms. The summed E-state index contributed by atoms with van der Waals surface area (Å²) in [5, 5.41) is 24.3. The van der Waals surface area contributed by atoms with Gasteiger partial charge >= 0.3 is 6.03 Å². The first kappa shape index (κ1) is 14.0. The SMILES string of the molecule is O=C(NCc1cccc(Cl)c1)Nc1cc(O)cc(O)c1. The number of carbonyl (C=O) groups excluding carboxylic acids is 1. The fraction of sp³-hybridized carbons (Fsp3) is 0.0714. The monoisotopic (exact) mass is 292 g/mol. The van der Waals surface area contributed by atoms with Gasteiger partial charge in [0, 0.05) is 35.5 Å². The molecule has 0 aliphatic heterocycles. The summed E-state index contributed by atoms with van der Waals surface area (Å²) in [5.41, 5.74) is 1.16. The average molecular weight is 293 g/mol. The van der Waals surface area contributed by atoms with Crippen molar-refractivity contribution in [2.75, 3.05) is 5.32 Å². The van der Waals surface area contributed by atoms with Crippen LogP contribution in [-0.4, -0.2) is 16.2 Å². The van der Waals surface area contributed by atoms with E-state index in [1.165, 1.54) is 18.2 Å². The molecule has 2 aromatic rings. The maximum absolute atomic E-state index is 11.7. The van der Waals surface area contributed by atoms with Crippen LogP contribution in [0.3, 0.4) is 0 Å². The van der Waals surface area contributed by atoms with Crippen LogP contribution in [-0.2, 0) is 6.54 Å². The van der Waals surface area contributed by atoms with E-state index in [4.69, 9.17) is 11.6 Å². The number of urea groups is 1. The average Bonchev–Trinajstić information content (AvgIpc) is 2.35. The van der Waals surface area contributed by atoms with Gasteiger partial charge in [-0.05, 0) is 17.7 Å². The number of anilines is 1. The van der Waals surface area contributed by atoms with E-state index in [0.717, 1.165) is 5.56 Å². The molecule has 2 aromatic carbocycles. The molecule has 0 fully saturated rings. The number of benzene rings is 2. The zero-order valence-electron chi connectivity index (χ0n) is 10.4. The van der Waals surface area contributed by atoms with Gasteiger partial charge < -0.3 is 20.8 Å². The molecule has 0 aliphatic carbocycles. The van der Waals surface area contributed by atoms with Crippen LogP contribution < -0.4 is 10.6 Å². The molecule has 0 saturated carbocycles. The molecule has 0 atom stereocenters. The number of phenolic OH excluding ortho intramolecular Hbond substituents is 2. The Bertz CT molecular complexity index is 611. The molecule has 104 valence electrons. The van der Waals surface area contributed by atoms with Crippen LogP contribution in [0, 0.1) is 0 Å². The van der Waals surface area contributed by atoms with Crippen LogP contribution in [0.5, 0.6) is 11.5 Å². The number of aromatic hydroxyl groups is 2. The fourth-order valence-electron chi connectivity index (χ4n) is 1.67. The largest absolute Gasteiger partial charge is 0.508 e. The maximum Gasteiger partial charge on any atom is 0.319 e. The highest BCUT2D eigenvalue weighted by Gasteiger charge is 2.04. The Morgan fingerprint density at radius 2 is 1.80 bits per heavy atom. The molecule has 0 aromatic heterocycles. The smallest absolute Gasteiger partial charge is 0.319 e. The molecule has 0 unspecified atom stereocenters. The Kier molecular flexibility index (Phi) is 4.32. The van der Waals surface area contributed by atoms with E-state index >= 15 is 0 Å². The molecule has 4 N–H and O–H groups in total. The zero-order valence-corrected chi connectivity index (χ0v) is 11.2. The lowest BCUT2D eigenvalue weighted by Crippen LogP contribution is -2.28. The summed E-state index contributed by atoms with van der Waals surface area (Å²) in [5.74, 6) is -0.259. The highest BCUT2D eigenvalue weighted by atomic mass is 35.5. The second-order valence-electron chi connectivity index (χ2n) is 4.18. The van der Waals surface area contributed by atoms with Crippen molar-refractivity contribution in [3.8, 4) is 11.5 Å². The number of hydrogen-bond donors (Lipinski definition) is 4. The van der Waals surface area contributed by atoms with E-state index in [9.17, 15) is 15.0 Å². The van der Waals surface area contributed by atoms with Gasteiger partial charge in [0.2, 0.25) is 0 Å². The molecule has 0 saturated heterocycles. The van der Waals surface area contributed by atoms with Gasteiger partial charge in [0.25, 0.3) is 0 Å². The van der Waals surface area contributed by atoms with E-state index < -0.39 is 6.03 Å². The number of phenols is 2. The predicted molar refractivity (Wildman–Crippen MR) is 77.1 cm³/mol. The summed E-state index contributed by atoms with van der Waals surface area (Å²) >= 11 is 5.84. The van der Waals surface area contributed by atoms with Gasteiger partial charge in [-0.1, -0.05) is 23.7 Å². The van der Waals surface area contributed by atoms with Gasteiger partial charge in [-0.25, -0.2) is 4.79 Å². The lowest BCUT2D eigenvalue weighted by Gasteiger charge is -2.08. The number of rotatable bonds is 3. The second-order valence-corrected chi connectivity index (χ2v) is 4.61. The van der Waals surface area contributed by atoms with Gasteiger partial charge in [0.05, 0.1) is 0 Å². The molecule has 20 heavy (non-hydrogen) atoms. The Morgan fingerprint density at radius 3 is 2.45 bits per heavy atom. The summed E-state index contributed by atoms with van der Waals surface area (Å²) in [6.45, 7) is 0.317. The summed E-state index contributed by atoms with van der Waals surface area (Å²) in [6, 6.07) is 10.5. The van der Waals surface area contributed by atoms with Crippen molar-refractivity contribution in [2.24, 2.45) is 0 Å². The van der Waals surface area contributed by atoms with Gasteiger partial charge in [0.1, 0.15) is 11.5 Å². The molecule has 6 heteroatoms. The van der Waals surface area contributed by atoms with E-state index in [1.54, 1.807) is 18.2 Å². The maximum atomic E-state index is 11.7. The molecule has 2 rings (SSSR count). The van der Waals surface area contributed by atoms with Crippen molar-refractivity contribution in [3.05, 3.63) is 53.1 Å². The van der Waals surface area contributed by atoms with Gasteiger partial charge in [-0.15, -0.1) is 0 Å². The normalized spacial score (nSPS) is 10.1. The number of halogens is 1. The third-order valence-corrected chi connectivity index (χ3v) is 2.74. The van der Waals surface area contributed by atoms with E-state index in [-0.39, 0.29) is 11.5 Å². The molecule has 0 heterocycles.